The van der Waals surface area contributed by atoms with E-state index in [9.17, 15) is 0 Å². The molecule has 0 fully saturated rings. The van der Waals surface area contributed by atoms with E-state index >= 15 is 0 Å². The Morgan fingerprint density at radius 3 is 2.74 bits per heavy atom. The standard InChI is InChI=1S/C14H13ClN2O2/c1-3-6-10-7-4-5-8-11(10)19-14-12(18-2)13(15)16-9-17-14/h3-9H,1-2H3/b6-3+. The minimum atomic E-state index is 0.219. The minimum Gasteiger partial charge on any atom is -0.489 e. The number of ether oxygens (including phenoxy) is 2. The van der Waals surface area contributed by atoms with Gasteiger partial charge in [0.1, 0.15) is 12.1 Å². The van der Waals surface area contributed by atoms with Crippen LogP contribution in [0.15, 0.2) is 36.7 Å². The van der Waals surface area contributed by atoms with Gasteiger partial charge in [-0.25, -0.2) is 4.98 Å². The second-order valence-corrected chi connectivity index (χ2v) is 4.00. The fourth-order valence-corrected chi connectivity index (χ4v) is 1.78. The minimum absolute atomic E-state index is 0.219. The van der Waals surface area contributed by atoms with E-state index in [4.69, 9.17) is 21.1 Å². The lowest BCUT2D eigenvalue weighted by molar-refractivity contribution is 0.367. The van der Waals surface area contributed by atoms with Gasteiger partial charge in [0.15, 0.2) is 5.15 Å². The van der Waals surface area contributed by atoms with Gasteiger partial charge >= 0.3 is 0 Å². The van der Waals surface area contributed by atoms with Crippen LogP contribution >= 0.6 is 11.6 Å². The monoisotopic (exact) mass is 276 g/mol. The van der Waals surface area contributed by atoms with E-state index in [0.29, 0.717) is 17.4 Å². The van der Waals surface area contributed by atoms with Gasteiger partial charge < -0.3 is 9.47 Å². The Balaban J connectivity index is 2.39. The zero-order valence-corrected chi connectivity index (χ0v) is 11.4. The lowest BCUT2D eigenvalue weighted by Gasteiger charge is -2.11. The maximum absolute atomic E-state index is 5.93. The first-order valence-corrected chi connectivity index (χ1v) is 6.08. The summed E-state index contributed by atoms with van der Waals surface area (Å²) >= 11 is 5.93. The summed E-state index contributed by atoms with van der Waals surface area (Å²) in [5, 5.41) is 0.219. The summed E-state index contributed by atoms with van der Waals surface area (Å²) in [5.74, 6) is 1.28. The molecule has 0 N–H and O–H groups in total. The van der Waals surface area contributed by atoms with Gasteiger partial charge in [0.2, 0.25) is 5.75 Å². The molecule has 0 radical (unpaired) electrons. The van der Waals surface area contributed by atoms with E-state index in [1.165, 1.54) is 13.4 Å². The largest absolute Gasteiger partial charge is 0.489 e. The van der Waals surface area contributed by atoms with Crippen molar-refractivity contribution in [3.63, 3.8) is 0 Å². The van der Waals surface area contributed by atoms with Crippen molar-refractivity contribution in [3.05, 3.63) is 47.4 Å². The molecular weight excluding hydrogens is 264 g/mol. The maximum atomic E-state index is 5.93. The molecule has 19 heavy (non-hydrogen) atoms. The van der Waals surface area contributed by atoms with Crippen molar-refractivity contribution < 1.29 is 9.47 Å². The first-order chi connectivity index (χ1) is 9.26. The number of aromatic nitrogens is 2. The average molecular weight is 277 g/mol. The molecule has 0 saturated heterocycles. The lowest BCUT2D eigenvalue weighted by Crippen LogP contribution is -1.96. The fourth-order valence-electron chi connectivity index (χ4n) is 1.58. The van der Waals surface area contributed by atoms with Crippen molar-refractivity contribution in [2.45, 2.75) is 6.92 Å². The summed E-state index contributed by atoms with van der Waals surface area (Å²) in [6.45, 7) is 1.94. The molecule has 1 heterocycles. The molecule has 2 rings (SSSR count). The first kappa shape index (κ1) is 13.4. The SMILES string of the molecule is C/C=C/c1ccccc1Oc1ncnc(Cl)c1OC. The van der Waals surface area contributed by atoms with Crippen LogP contribution in [0.25, 0.3) is 6.08 Å². The third-order valence-electron chi connectivity index (χ3n) is 2.40. The third-order valence-corrected chi connectivity index (χ3v) is 2.67. The predicted octanol–water partition coefficient (Wildman–Crippen LogP) is 3.96. The summed E-state index contributed by atoms with van der Waals surface area (Å²) in [6, 6.07) is 7.62. The molecule has 0 atom stereocenters. The van der Waals surface area contributed by atoms with Crippen molar-refractivity contribution in [1.82, 2.24) is 9.97 Å². The molecule has 0 spiro atoms. The van der Waals surface area contributed by atoms with Gasteiger partial charge in [0, 0.05) is 5.56 Å². The summed E-state index contributed by atoms with van der Waals surface area (Å²) in [7, 11) is 1.50. The van der Waals surface area contributed by atoms with Gasteiger partial charge in [-0.3, -0.25) is 0 Å². The summed E-state index contributed by atoms with van der Waals surface area (Å²) < 4.78 is 10.9. The van der Waals surface area contributed by atoms with E-state index in [-0.39, 0.29) is 5.15 Å². The van der Waals surface area contributed by atoms with Crippen molar-refractivity contribution in [3.8, 4) is 17.4 Å². The molecule has 98 valence electrons. The molecule has 5 heteroatoms. The van der Waals surface area contributed by atoms with E-state index in [0.717, 1.165) is 5.56 Å². The highest BCUT2D eigenvalue weighted by Crippen LogP contribution is 2.35. The Kier molecular flexibility index (Phi) is 4.36. The zero-order chi connectivity index (χ0) is 13.7. The van der Waals surface area contributed by atoms with Gasteiger partial charge in [-0.05, 0) is 13.0 Å². The van der Waals surface area contributed by atoms with Gasteiger partial charge in [-0.15, -0.1) is 0 Å². The molecule has 0 aliphatic heterocycles. The maximum Gasteiger partial charge on any atom is 0.267 e. The normalized spacial score (nSPS) is 10.7. The van der Waals surface area contributed by atoms with Crippen molar-refractivity contribution in [1.29, 1.82) is 0 Å². The number of methoxy groups -OCH3 is 1. The van der Waals surface area contributed by atoms with Crippen LogP contribution in [-0.2, 0) is 0 Å². The molecule has 0 aliphatic carbocycles. The van der Waals surface area contributed by atoms with Gasteiger partial charge in [-0.1, -0.05) is 42.0 Å². The molecule has 2 aromatic rings. The molecular formula is C14H13ClN2O2. The van der Waals surface area contributed by atoms with Crippen LogP contribution < -0.4 is 9.47 Å². The number of hydrogen-bond donors (Lipinski definition) is 0. The van der Waals surface area contributed by atoms with Gasteiger partial charge in [-0.2, -0.15) is 4.98 Å². The van der Waals surface area contributed by atoms with Crippen LogP contribution in [0.1, 0.15) is 12.5 Å². The Labute approximate surface area is 116 Å². The number of hydrogen-bond acceptors (Lipinski definition) is 4. The van der Waals surface area contributed by atoms with Crippen molar-refractivity contribution in [2.75, 3.05) is 7.11 Å². The highest BCUT2D eigenvalue weighted by Gasteiger charge is 2.13. The predicted molar refractivity (Wildman–Crippen MR) is 74.8 cm³/mol. The van der Waals surface area contributed by atoms with Crippen molar-refractivity contribution >= 4 is 17.7 Å². The third kappa shape index (κ3) is 3.03. The van der Waals surface area contributed by atoms with Crippen LogP contribution in [0.3, 0.4) is 0 Å². The molecule has 0 aliphatic rings. The second-order valence-electron chi connectivity index (χ2n) is 3.64. The van der Waals surface area contributed by atoms with E-state index in [2.05, 4.69) is 9.97 Å². The Bertz CT molecular complexity index is 600. The number of rotatable bonds is 4. The average Bonchev–Trinajstić information content (AvgIpc) is 2.41. The van der Waals surface area contributed by atoms with Crippen LogP contribution in [0.5, 0.6) is 17.4 Å². The van der Waals surface area contributed by atoms with Crippen molar-refractivity contribution in [2.24, 2.45) is 0 Å². The Morgan fingerprint density at radius 2 is 2.00 bits per heavy atom. The van der Waals surface area contributed by atoms with Gasteiger partial charge in [0.25, 0.3) is 5.88 Å². The quantitative estimate of drug-likeness (QED) is 0.793. The van der Waals surface area contributed by atoms with Crippen LogP contribution in [0.2, 0.25) is 5.15 Å². The second kappa shape index (κ2) is 6.20. The smallest absolute Gasteiger partial charge is 0.267 e. The Morgan fingerprint density at radius 1 is 1.21 bits per heavy atom. The summed E-state index contributed by atoms with van der Waals surface area (Å²) in [4.78, 5) is 7.89. The van der Waals surface area contributed by atoms with E-state index < -0.39 is 0 Å². The molecule has 0 bridgehead atoms. The molecule has 4 nitrogen and oxygen atoms in total. The first-order valence-electron chi connectivity index (χ1n) is 5.70. The van der Waals surface area contributed by atoms with Crippen LogP contribution in [0.4, 0.5) is 0 Å². The summed E-state index contributed by atoms with van der Waals surface area (Å²) in [6.07, 6.45) is 5.22. The molecule has 1 aromatic heterocycles. The van der Waals surface area contributed by atoms with E-state index in [1.54, 1.807) is 0 Å². The zero-order valence-electron chi connectivity index (χ0n) is 10.6. The number of para-hydroxylation sites is 1. The molecule has 1 aromatic carbocycles. The number of benzene rings is 1. The highest BCUT2D eigenvalue weighted by atomic mass is 35.5. The number of nitrogens with zero attached hydrogens (tertiary/aromatic N) is 2. The Hall–Kier alpha value is -2.07. The summed E-state index contributed by atoms with van der Waals surface area (Å²) in [5.41, 5.74) is 0.946. The molecule has 0 unspecified atom stereocenters. The number of allylic oxidation sites excluding steroid dienone is 1. The highest BCUT2D eigenvalue weighted by molar-refractivity contribution is 6.31. The topological polar surface area (TPSA) is 44.2 Å². The molecule has 0 saturated carbocycles. The fraction of sp³-hybridized carbons (Fsp3) is 0.143. The molecule has 0 amide bonds. The van der Waals surface area contributed by atoms with Gasteiger partial charge in [0.05, 0.1) is 7.11 Å². The van der Waals surface area contributed by atoms with E-state index in [1.807, 2.05) is 43.3 Å². The van der Waals surface area contributed by atoms with Crippen LogP contribution in [0, 0.1) is 0 Å². The number of halogens is 1. The lowest BCUT2D eigenvalue weighted by atomic mass is 10.2. The van der Waals surface area contributed by atoms with Crippen LogP contribution in [-0.4, -0.2) is 17.1 Å².